The fourth-order valence-corrected chi connectivity index (χ4v) is 1.31. The highest BCUT2D eigenvalue weighted by atomic mass is 16.1. The van der Waals surface area contributed by atoms with E-state index in [1.165, 1.54) is 11.1 Å². The van der Waals surface area contributed by atoms with E-state index in [1.54, 1.807) is 6.92 Å². The molecule has 1 unspecified atom stereocenters. The molecule has 0 radical (unpaired) electrons. The van der Waals surface area contributed by atoms with Crippen LogP contribution < -0.4 is 0 Å². The van der Waals surface area contributed by atoms with Crippen LogP contribution in [0, 0.1) is 12.8 Å². The predicted octanol–water partition coefficient (Wildman–Crippen LogP) is 2.76. The van der Waals surface area contributed by atoms with Gasteiger partial charge in [-0.2, -0.15) is 0 Å². The summed E-state index contributed by atoms with van der Waals surface area (Å²) in [4.78, 5) is 11.1. The molecule has 0 saturated heterocycles. The molecule has 13 heavy (non-hydrogen) atoms. The highest BCUT2D eigenvalue weighted by Gasteiger charge is 2.09. The molecule has 0 fully saturated rings. The van der Waals surface area contributed by atoms with E-state index in [0.29, 0.717) is 0 Å². The van der Waals surface area contributed by atoms with Crippen LogP contribution in [0.1, 0.15) is 25.0 Å². The Bertz CT molecular complexity index is 302. The van der Waals surface area contributed by atoms with Crippen molar-refractivity contribution in [1.82, 2.24) is 0 Å². The van der Waals surface area contributed by atoms with Crippen LogP contribution >= 0.6 is 0 Å². The second kappa shape index (κ2) is 4.22. The molecule has 0 aromatic heterocycles. The Morgan fingerprint density at radius 2 is 2.00 bits per heavy atom. The van der Waals surface area contributed by atoms with E-state index in [9.17, 15) is 4.79 Å². The highest BCUT2D eigenvalue weighted by molar-refractivity contribution is 5.78. The third-order valence-corrected chi connectivity index (χ3v) is 2.48. The molecule has 1 heteroatoms. The van der Waals surface area contributed by atoms with Gasteiger partial charge in [0, 0.05) is 5.92 Å². The lowest BCUT2D eigenvalue weighted by Crippen LogP contribution is -2.10. The Hall–Kier alpha value is -1.11. The van der Waals surface area contributed by atoms with Gasteiger partial charge in [0.1, 0.15) is 5.78 Å². The van der Waals surface area contributed by atoms with E-state index < -0.39 is 0 Å². The SMILES string of the molecule is CC(=O)C(C)Cc1ccccc1C. The van der Waals surface area contributed by atoms with Crippen molar-refractivity contribution >= 4 is 5.78 Å². The molecule has 70 valence electrons. The van der Waals surface area contributed by atoms with Crippen LogP contribution in [-0.4, -0.2) is 5.78 Å². The minimum absolute atomic E-state index is 0.140. The van der Waals surface area contributed by atoms with Crippen LogP contribution in [0.15, 0.2) is 24.3 Å². The summed E-state index contributed by atoms with van der Waals surface area (Å²) in [7, 11) is 0. The molecule has 0 bridgehead atoms. The summed E-state index contributed by atoms with van der Waals surface area (Å²) in [6.45, 7) is 5.72. The fourth-order valence-electron chi connectivity index (χ4n) is 1.31. The van der Waals surface area contributed by atoms with Gasteiger partial charge in [-0.1, -0.05) is 31.2 Å². The molecule has 0 amide bonds. The first-order valence-electron chi connectivity index (χ1n) is 4.66. The van der Waals surface area contributed by atoms with E-state index in [2.05, 4.69) is 19.1 Å². The van der Waals surface area contributed by atoms with Crippen molar-refractivity contribution in [2.24, 2.45) is 5.92 Å². The van der Waals surface area contributed by atoms with E-state index in [4.69, 9.17) is 0 Å². The molecule has 0 aliphatic rings. The summed E-state index contributed by atoms with van der Waals surface area (Å²) in [6, 6.07) is 8.23. The van der Waals surface area contributed by atoms with Crippen LogP contribution in [0.4, 0.5) is 0 Å². The maximum Gasteiger partial charge on any atom is 0.132 e. The minimum atomic E-state index is 0.140. The minimum Gasteiger partial charge on any atom is -0.300 e. The lowest BCUT2D eigenvalue weighted by atomic mass is 9.95. The van der Waals surface area contributed by atoms with Crippen molar-refractivity contribution < 1.29 is 4.79 Å². The number of carbonyl (C=O) groups is 1. The molecule has 0 aliphatic heterocycles. The van der Waals surface area contributed by atoms with Gasteiger partial charge in [0.25, 0.3) is 0 Å². The van der Waals surface area contributed by atoms with Crippen LogP contribution in [0.3, 0.4) is 0 Å². The van der Waals surface area contributed by atoms with Gasteiger partial charge in [-0.15, -0.1) is 0 Å². The molecular formula is C12H16O. The van der Waals surface area contributed by atoms with E-state index in [0.717, 1.165) is 6.42 Å². The Balaban J connectivity index is 2.74. The molecule has 0 N–H and O–H groups in total. The number of hydrogen-bond acceptors (Lipinski definition) is 1. The fraction of sp³-hybridized carbons (Fsp3) is 0.417. The Kier molecular flexibility index (Phi) is 3.24. The number of hydrogen-bond donors (Lipinski definition) is 0. The largest absolute Gasteiger partial charge is 0.300 e. The summed E-state index contributed by atoms with van der Waals surface area (Å²) in [5.74, 6) is 0.407. The monoisotopic (exact) mass is 176 g/mol. The number of benzene rings is 1. The molecule has 1 nitrogen and oxygen atoms in total. The average molecular weight is 176 g/mol. The average Bonchev–Trinajstić information content (AvgIpc) is 2.08. The first-order valence-corrected chi connectivity index (χ1v) is 4.66. The number of carbonyl (C=O) groups excluding carboxylic acids is 1. The molecule has 0 heterocycles. The summed E-state index contributed by atoms with van der Waals surface area (Å²) in [6.07, 6.45) is 0.863. The van der Waals surface area contributed by atoms with Crippen molar-refractivity contribution in [1.29, 1.82) is 0 Å². The second-order valence-electron chi connectivity index (χ2n) is 3.64. The summed E-state index contributed by atoms with van der Waals surface area (Å²) in [5, 5.41) is 0. The van der Waals surface area contributed by atoms with Gasteiger partial charge in [0.2, 0.25) is 0 Å². The molecule has 0 spiro atoms. The standard InChI is InChI=1S/C12H16O/c1-9-6-4-5-7-12(9)8-10(2)11(3)13/h4-7,10H,8H2,1-3H3. The zero-order chi connectivity index (χ0) is 9.84. The van der Waals surface area contributed by atoms with Crippen molar-refractivity contribution in [2.75, 3.05) is 0 Å². The van der Waals surface area contributed by atoms with Crippen molar-refractivity contribution in [3.8, 4) is 0 Å². The smallest absolute Gasteiger partial charge is 0.132 e. The quantitative estimate of drug-likeness (QED) is 0.692. The van der Waals surface area contributed by atoms with Gasteiger partial charge in [-0.25, -0.2) is 0 Å². The number of aryl methyl sites for hydroxylation is 1. The lowest BCUT2D eigenvalue weighted by Gasteiger charge is -2.09. The van der Waals surface area contributed by atoms with E-state index in [-0.39, 0.29) is 11.7 Å². The third kappa shape index (κ3) is 2.69. The molecule has 1 aromatic carbocycles. The first kappa shape index (κ1) is 9.97. The molecular weight excluding hydrogens is 160 g/mol. The Morgan fingerprint density at radius 1 is 1.38 bits per heavy atom. The molecule has 0 aliphatic carbocycles. The maximum atomic E-state index is 11.1. The lowest BCUT2D eigenvalue weighted by molar-refractivity contribution is -0.120. The van der Waals surface area contributed by atoms with Crippen LogP contribution in [0.5, 0.6) is 0 Å². The van der Waals surface area contributed by atoms with Gasteiger partial charge in [0.05, 0.1) is 0 Å². The van der Waals surface area contributed by atoms with Crippen LogP contribution in [0.2, 0.25) is 0 Å². The van der Waals surface area contributed by atoms with Gasteiger partial charge in [-0.05, 0) is 31.4 Å². The molecule has 1 aromatic rings. The van der Waals surface area contributed by atoms with Crippen molar-refractivity contribution in [3.63, 3.8) is 0 Å². The van der Waals surface area contributed by atoms with Gasteiger partial charge < -0.3 is 0 Å². The predicted molar refractivity (Wildman–Crippen MR) is 54.7 cm³/mol. The van der Waals surface area contributed by atoms with Gasteiger partial charge >= 0.3 is 0 Å². The third-order valence-electron chi connectivity index (χ3n) is 2.48. The van der Waals surface area contributed by atoms with E-state index >= 15 is 0 Å². The topological polar surface area (TPSA) is 17.1 Å². The van der Waals surface area contributed by atoms with Crippen LogP contribution in [0.25, 0.3) is 0 Å². The van der Waals surface area contributed by atoms with Crippen LogP contribution in [-0.2, 0) is 11.2 Å². The molecule has 1 rings (SSSR count). The first-order chi connectivity index (χ1) is 6.11. The zero-order valence-corrected chi connectivity index (χ0v) is 8.50. The highest BCUT2D eigenvalue weighted by Crippen LogP contribution is 2.13. The normalized spacial score (nSPS) is 12.5. The second-order valence-corrected chi connectivity index (χ2v) is 3.64. The number of rotatable bonds is 3. The van der Waals surface area contributed by atoms with E-state index in [1.807, 2.05) is 19.1 Å². The van der Waals surface area contributed by atoms with Crippen molar-refractivity contribution in [2.45, 2.75) is 27.2 Å². The molecule has 1 atom stereocenters. The zero-order valence-electron chi connectivity index (χ0n) is 8.50. The Morgan fingerprint density at radius 3 is 2.54 bits per heavy atom. The maximum absolute atomic E-state index is 11.1. The number of ketones is 1. The van der Waals surface area contributed by atoms with Gasteiger partial charge in [-0.3, -0.25) is 4.79 Å². The number of Topliss-reactive ketones (excluding diaryl/α,β-unsaturated/α-hetero) is 1. The summed E-state index contributed by atoms with van der Waals surface area (Å²) >= 11 is 0. The van der Waals surface area contributed by atoms with Gasteiger partial charge in [0.15, 0.2) is 0 Å². The molecule has 0 saturated carbocycles. The van der Waals surface area contributed by atoms with Crippen molar-refractivity contribution in [3.05, 3.63) is 35.4 Å². The summed E-state index contributed by atoms with van der Waals surface area (Å²) in [5.41, 5.74) is 2.56. The Labute approximate surface area is 79.8 Å². The summed E-state index contributed by atoms with van der Waals surface area (Å²) < 4.78 is 0.